The van der Waals surface area contributed by atoms with Gasteiger partial charge in [-0.05, 0) is 30.4 Å². The molecule has 0 saturated heterocycles. The van der Waals surface area contributed by atoms with Gasteiger partial charge >= 0.3 is 0 Å². The van der Waals surface area contributed by atoms with Crippen LogP contribution in [-0.2, 0) is 22.4 Å². The van der Waals surface area contributed by atoms with E-state index < -0.39 is 0 Å². The Labute approximate surface area is 94.2 Å². The van der Waals surface area contributed by atoms with Crippen LogP contribution in [0.25, 0.3) is 0 Å². The van der Waals surface area contributed by atoms with Gasteiger partial charge in [-0.25, -0.2) is 0 Å². The lowest BCUT2D eigenvalue weighted by Crippen LogP contribution is -2.19. The van der Waals surface area contributed by atoms with Crippen molar-refractivity contribution >= 4 is 11.8 Å². The molecule has 0 bridgehead atoms. The zero-order valence-corrected chi connectivity index (χ0v) is 8.90. The first-order valence-corrected chi connectivity index (χ1v) is 5.35. The van der Waals surface area contributed by atoms with Crippen molar-refractivity contribution < 1.29 is 9.59 Å². The first-order valence-electron chi connectivity index (χ1n) is 5.35. The molecule has 16 heavy (non-hydrogen) atoms. The van der Waals surface area contributed by atoms with Crippen molar-refractivity contribution in [3.05, 3.63) is 47.5 Å². The number of benzene rings is 1. The Kier molecular flexibility index (Phi) is 3.15. The summed E-state index contributed by atoms with van der Waals surface area (Å²) in [6.07, 6.45) is 6.36. The van der Waals surface area contributed by atoms with Gasteiger partial charge in [0.25, 0.3) is 11.8 Å². The van der Waals surface area contributed by atoms with Crippen LogP contribution in [0.4, 0.5) is 0 Å². The number of hydrogen-bond donors (Lipinski definition) is 1. The van der Waals surface area contributed by atoms with Gasteiger partial charge in [0.1, 0.15) is 0 Å². The lowest BCUT2D eigenvalue weighted by molar-refractivity contribution is -0.123. The van der Waals surface area contributed by atoms with E-state index >= 15 is 0 Å². The fraction of sp³-hybridized carbons (Fsp3) is 0.231. The quantitative estimate of drug-likeness (QED) is 0.664. The smallest absolute Gasteiger partial charge is 0.250 e. The Hall–Kier alpha value is -1.90. The summed E-state index contributed by atoms with van der Waals surface area (Å²) < 4.78 is 0. The van der Waals surface area contributed by atoms with Crippen molar-refractivity contribution in [2.45, 2.75) is 19.3 Å². The summed E-state index contributed by atoms with van der Waals surface area (Å²) in [6.45, 7) is 0. The number of fused-ring (bicyclic) bond motifs is 1. The molecule has 82 valence electrons. The summed E-state index contributed by atoms with van der Waals surface area (Å²) in [5.74, 6) is -0.657. The Morgan fingerprint density at radius 3 is 1.75 bits per heavy atom. The van der Waals surface area contributed by atoms with Gasteiger partial charge in [0.15, 0.2) is 0 Å². The van der Waals surface area contributed by atoms with Crippen LogP contribution in [0.5, 0.6) is 0 Å². The molecule has 1 aromatic rings. The maximum Gasteiger partial charge on any atom is 0.250 e. The molecule has 1 heterocycles. The minimum atomic E-state index is -0.329. The van der Waals surface area contributed by atoms with Crippen LogP contribution >= 0.6 is 0 Å². The first-order chi connectivity index (χ1) is 7.75. The van der Waals surface area contributed by atoms with E-state index in [2.05, 4.69) is 24.3 Å². The van der Waals surface area contributed by atoms with E-state index in [1.54, 1.807) is 11.1 Å². The molecule has 0 saturated carbocycles. The molecule has 0 aromatic heterocycles. The van der Waals surface area contributed by atoms with Gasteiger partial charge in [-0.3, -0.25) is 14.9 Å². The lowest BCUT2D eigenvalue weighted by Gasteiger charge is -1.93. The number of nitrogens with one attached hydrogen (secondary N) is 1. The summed E-state index contributed by atoms with van der Waals surface area (Å²) in [5.41, 5.74) is 3.13. The molecule has 0 fully saturated rings. The Balaban J connectivity index is 0.000000125. The van der Waals surface area contributed by atoms with Gasteiger partial charge in [0, 0.05) is 12.2 Å². The second kappa shape index (κ2) is 4.75. The van der Waals surface area contributed by atoms with Crippen molar-refractivity contribution in [2.24, 2.45) is 0 Å². The van der Waals surface area contributed by atoms with Crippen LogP contribution in [-0.4, -0.2) is 11.8 Å². The highest BCUT2D eigenvalue weighted by Crippen LogP contribution is 2.20. The van der Waals surface area contributed by atoms with E-state index in [9.17, 15) is 9.59 Å². The van der Waals surface area contributed by atoms with Crippen molar-refractivity contribution in [3.63, 3.8) is 0 Å². The minimum Gasteiger partial charge on any atom is -0.289 e. The molecule has 0 unspecified atom stereocenters. The van der Waals surface area contributed by atoms with Crippen LogP contribution in [0.15, 0.2) is 36.4 Å². The zero-order chi connectivity index (χ0) is 11.4. The standard InChI is InChI=1S/C9H10.C4H3NO2/c1-2-5-9-7-3-6-8(9)4-1;6-3-1-2-4(7)5-3/h1-2,4-5H,3,6-7H2;1-2H,(H,5,6,7). The molecule has 1 N–H and O–H groups in total. The summed E-state index contributed by atoms with van der Waals surface area (Å²) >= 11 is 0. The van der Waals surface area contributed by atoms with Gasteiger partial charge in [-0.1, -0.05) is 24.3 Å². The van der Waals surface area contributed by atoms with E-state index in [1.807, 2.05) is 5.32 Å². The SMILES string of the molecule is O=C1C=CC(=O)N1.c1ccc2c(c1)CCC2. The average Bonchev–Trinajstić information content (AvgIpc) is 2.88. The third kappa shape index (κ3) is 2.57. The van der Waals surface area contributed by atoms with E-state index in [1.165, 1.54) is 31.4 Å². The molecule has 1 aliphatic heterocycles. The molecular weight excluding hydrogens is 202 g/mol. The predicted octanol–water partition coefficient (Wildman–Crippen LogP) is 1.37. The molecular formula is C13H13NO2. The molecule has 2 aliphatic rings. The monoisotopic (exact) mass is 215 g/mol. The zero-order valence-electron chi connectivity index (χ0n) is 8.90. The molecule has 3 heteroatoms. The summed E-state index contributed by atoms with van der Waals surface area (Å²) in [7, 11) is 0. The van der Waals surface area contributed by atoms with Crippen LogP contribution < -0.4 is 5.32 Å². The van der Waals surface area contributed by atoms with E-state index in [0.717, 1.165) is 0 Å². The predicted molar refractivity (Wildman–Crippen MR) is 60.8 cm³/mol. The van der Waals surface area contributed by atoms with E-state index in [4.69, 9.17) is 0 Å². The highest BCUT2D eigenvalue weighted by Gasteiger charge is 2.07. The Morgan fingerprint density at radius 2 is 1.38 bits per heavy atom. The normalized spacial score (nSPS) is 16.5. The number of hydrogen-bond acceptors (Lipinski definition) is 2. The van der Waals surface area contributed by atoms with Crippen molar-refractivity contribution in [1.29, 1.82) is 0 Å². The summed E-state index contributed by atoms with van der Waals surface area (Å²) in [5, 5.41) is 2.03. The fourth-order valence-electron chi connectivity index (χ4n) is 1.87. The molecule has 2 amide bonds. The Bertz CT molecular complexity index is 410. The largest absolute Gasteiger partial charge is 0.289 e. The number of carbonyl (C=O) groups is 2. The molecule has 3 rings (SSSR count). The second-order valence-electron chi connectivity index (χ2n) is 3.81. The van der Waals surface area contributed by atoms with Gasteiger partial charge in [0.05, 0.1) is 0 Å². The highest BCUT2D eigenvalue weighted by atomic mass is 16.2. The van der Waals surface area contributed by atoms with E-state index in [0.29, 0.717) is 0 Å². The fourth-order valence-corrected chi connectivity index (χ4v) is 1.87. The number of rotatable bonds is 0. The Morgan fingerprint density at radius 1 is 0.875 bits per heavy atom. The molecule has 1 aliphatic carbocycles. The molecule has 3 nitrogen and oxygen atoms in total. The van der Waals surface area contributed by atoms with Gasteiger partial charge in [-0.2, -0.15) is 0 Å². The molecule has 0 radical (unpaired) electrons. The molecule has 0 spiro atoms. The summed E-state index contributed by atoms with van der Waals surface area (Å²) in [4.78, 5) is 20.1. The van der Waals surface area contributed by atoms with Crippen LogP contribution in [0.1, 0.15) is 17.5 Å². The first kappa shape index (κ1) is 10.6. The van der Waals surface area contributed by atoms with Crippen LogP contribution in [0.3, 0.4) is 0 Å². The number of carbonyl (C=O) groups excluding carboxylic acids is 2. The van der Waals surface area contributed by atoms with Gasteiger partial charge in [0.2, 0.25) is 0 Å². The third-order valence-electron chi connectivity index (χ3n) is 2.64. The van der Waals surface area contributed by atoms with Gasteiger partial charge in [-0.15, -0.1) is 0 Å². The van der Waals surface area contributed by atoms with Crippen molar-refractivity contribution in [3.8, 4) is 0 Å². The average molecular weight is 215 g/mol. The second-order valence-corrected chi connectivity index (χ2v) is 3.81. The minimum absolute atomic E-state index is 0.329. The lowest BCUT2D eigenvalue weighted by atomic mass is 10.1. The maximum absolute atomic E-state index is 10.0. The van der Waals surface area contributed by atoms with Gasteiger partial charge < -0.3 is 0 Å². The number of aryl methyl sites for hydroxylation is 2. The maximum atomic E-state index is 10.0. The third-order valence-corrected chi connectivity index (χ3v) is 2.64. The topological polar surface area (TPSA) is 46.2 Å². The molecule has 1 aromatic carbocycles. The number of amides is 2. The van der Waals surface area contributed by atoms with Crippen LogP contribution in [0, 0.1) is 0 Å². The molecule has 0 atom stereocenters. The van der Waals surface area contributed by atoms with Crippen LogP contribution in [0.2, 0.25) is 0 Å². The van der Waals surface area contributed by atoms with Crippen molar-refractivity contribution in [1.82, 2.24) is 5.32 Å². The number of imide groups is 1. The van der Waals surface area contributed by atoms with E-state index in [-0.39, 0.29) is 11.8 Å². The highest BCUT2D eigenvalue weighted by molar-refractivity contribution is 6.12. The van der Waals surface area contributed by atoms with Crippen molar-refractivity contribution in [2.75, 3.05) is 0 Å². The summed E-state index contributed by atoms with van der Waals surface area (Å²) in [6, 6.07) is 8.74.